The average Bonchev–Trinajstić information content (AvgIpc) is 2.96. The van der Waals surface area contributed by atoms with Crippen molar-refractivity contribution in [1.29, 1.82) is 0 Å². The van der Waals surface area contributed by atoms with Crippen molar-refractivity contribution in [3.63, 3.8) is 0 Å². The molecule has 0 radical (unpaired) electrons. The molecule has 0 aromatic heterocycles. The fourth-order valence-corrected chi connectivity index (χ4v) is 2.80. The van der Waals surface area contributed by atoms with Gasteiger partial charge in [-0.25, -0.2) is 0 Å². The second-order valence-electron chi connectivity index (χ2n) is 6.40. The van der Waals surface area contributed by atoms with Gasteiger partial charge in [0.05, 0.1) is 6.04 Å². The first-order valence-corrected chi connectivity index (χ1v) is 7.77. The number of nitrogens with zero attached hydrogens (tertiary/aromatic N) is 2. The van der Waals surface area contributed by atoms with Crippen molar-refractivity contribution in [3.05, 3.63) is 35.9 Å². The van der Waals surface area contributed by atoms with Crippen molar-refractivity contribution in [2.45, 2.75) is 38.9 Å². The van der Waals surface area contributed by atoms with Crippen LogP contribution < -0.4 is 5.73 Å². The monoisotopic (exact) mass is 289 g/mol. The Hall–Kier alpha value is -1.39. The molecule has 0 aliphatic carbocycles. The zero-order valence-corrected chi connectivity index (χ0v) is 13.3. The Morgan fingerprint density at radius 2 is 2.05 bits per heavy atom. The fourth-order valence-electron chi connectivity index (χ4n) is 2.80. The first-order chi connectivity index (χ1) is 9.99. The zero-order chi connectivity index (χ0) is 15.4. The number of benzene rings is 1. The van der Waals surface area contributed by atoms with Crippen LogP contribution in [0.4, 0.5) is 0 Å². The molecule has 0 bridgehead atoms. The molecule has 1 aromatic rings. The van der Waals surface area contributed by atoms with Crippen LogP contribution in [-0.2, 0) is 11.3 Å². The van der Waals surface area contributed by atoms with Gasteiger partial charge in [-0.3, -0.25) is 9.69 Å². The van der Waals surface area contributed by atoms with E-state index in [1.165, 1.54) is 5.56 Å². The SMILES string of the molecule is CC(C)[C@H](N)C(=O)N1CC[C@H](N(C)Cc2ccccc2)C1. The van der Waals surface area contributed by atoms with E-state index in [0.717, 1.165) is 26.1 Å². The molecule has 4 heteroatoms. The summed E-state index contributed by atoms with van der Waals surface area (Å²) in [6.07, 6.45) is 1.03. The summed E-state index contributed by atoms with van der Waals surface area (Å²) in [5, 5.41) is 0. The molecule has 2 rings (SSSR count). The molecule has 0 spiro atoms. The van der Waals surface area contributed by atoms with Crippen molar-refractivity contribution < 1.29 is 4.79 Å². The van der Waals surface area contributed by atoms with Crippen LogP contribution >= 0.6 is 0 Å². The maximum absolute atomic E-state index is 12.3. The topological polar surface area (TPSA) is 49.6 Å². The molecule has 2 N–H and O–H groups in total. The van der Waals surface area contributed by atoms with E-state index in [4.69, 9.17) is 5.73 Å². The number of nitrogens with two attached hydrogens (primary N) is 1. The number of likely N-dealkylation sites (N-methyl/N-ethyl adjacent to an activating group) is 1. The zero-order valence-electron chi connectivity index (χ0n) is 13.3. The van der Waals surface area contributed by atoms with Gasteiger partial charge >= 0.3 is 0 Å². The van der Waals surface area contributed by atoms with Gasteiger partial charge < -0.3 is 10.6 Å². The Balaban J connectivity index is 1.88. The lowest BCUT2D eigenvalue weighted by Crippen LogP contribution is -2.46. The van der Waals surface area contributed by atoms with Crippen LogP contribution in [-0.4, -0.2) is 47.9 Å². The molecule has 1 amide bonds. The molecule has 0 unspecified atom stereocenters. The molecule has 1 aliphatic rings. The Morgan fingerprint density at radius 1 is 1.38 bits per heavy atom. The molecule has 1 heterocycles. The van der Waals surface area contributed by atoms with Crippen LogP contribution in [0.15, 0.2) is 30.3 Å². The lowest BCUT2D eigenvalue weighted by atomic mass is 10.0. The molecule has 21 heavy (non-hydrogen) atoms. The molecular formula is C17H27N3O. The minimum atomic E-state index is -0.372. The average molecular weight is 289 g/mol. The summed E-state index contributed by atoms with van der Waals surface area (Å²) in [7, 11) is 2.13. The van der Waals surface area contributed by atoms with E-state index in [-0.39, 0.29) is 17.9 Å². The summed E-state index contributed by atoms with van der Waals surface area (Å²) in [5.41, 5.74) is 7.29. The summed E-state index contributed by atoms with van der Waals surface area (Å²) in [6, 6.07) is 10.5. The molecule has 116 valence electrons. The van der Waals surface area contributed by atoms with Crippen LogP contribution in [0.2, 0.25) is 0 Å². The predicted octanol–water partition coefficient (Wildman–Crippen LogP) is 1.70. The van der Waals surface area contributed by atoms with Gasteiger partial charge in [-0.05, 0) is 24.9 Å². The third kappa shape index (κ3) is 4.05. The molecule has 2 atom stereocenters. The molecule has 4 nitrogen and oxygen atoms in total. The fraction of sp³-hybridized carbons (Fsp3) is 0.588. The first kappa shape index (κ1) is 16.0. The predicted molar refractivity (Wildman–Crippen MR) is 85.7 cm³/mol. The van der Waals surface area contributed by atoms with Gasteiger partial charge in [-0.1, -0.05) is 44.2 Å². The van der Waals surface area contributed by atoms with Gasteiger partial charge in [0.25, 0.3) is 0 Å². The largest absolute Gasteiger partial charge is 0.340 e. The Morgan fingerprint density at radius 3 is 2.67 bits per heavy atom. The second-order valence-corrected chi connectivity index (χ2v) is 6.40. The van der Waals surface area contributed by atoms with E-state index in [9.17, 15) is 4.79 Å². The highest BCUT2D eigenvalue weighted by atomic mass is 16.2. The number of hydrogen-bond donors (Lipinski definition) is 1. The van der Waals surface area contributed by atoms with Crippen LogP contribution in [0.25, 0.3) is 0 Å². The maximum atomic E-state index is 12.3. The summed E-state index contributed by atoms with van der Waals surface area (Å²) >= 11 is 0. The molecule has 0 saturated carbocycles. The van der Waals surface area contributed by atoms with Crippen molar-refractivity contribution in [1.82, 2.24) is 9.80 Å². The van der Waals surface area contributed by atoms with Crippen molar-refractivity contribution in [2.24, 2.45) is 11.7 Å². The van der Waals surface area contributed by atoms with E-state index < -0.39 is 0 Å². The minimum Gasteiger partial charge on any atom is -0.340 e. The third-order valence-electron chi connectivity index (χ3n) is 4.38. The van der Waals surface area contributed by atoms with E-state index in [1.807, 2.05) is 24.8 Å². The van der Waals surface area contributed by atoms with E-state index >= 15 is 0 Å². The van der Waals surface area contributed by atoms with Crippen molar-refractivity contribution in [3.8, 4) is 0 Å². The number of carbonyl (C=O) groups excluding carboxylic acids is 1. The lowest BCUT2D eigenvalue weighted by molar-refractivity contribution is -0.132. The first-order valence-electron chi connectivity index (χ1n) is 7.77. The number of carbonyl (C=O) groups is 1. The van der Waals surface area contributed by atoms with Gasteiger partial charge in [-0.15, -0.1) is 0 Å². The molecule has 1 aromatic carbocycles. The highest BCUT2D eigenvalue weighted by molar-refractivity contribution is 5.82. The molecule has 1 aliphatic heterocycles. The van der Waals surface area contributed by atoms with Crippen LogP contribution in [0.5, 0.6) is 0 Å². The molecule has 1 fully saturated rings. The summed E-state index contributed by atoms with van der Waals surface area (Å²) in [4.78, 5) is 16.6. The number of likely N-dealkylation sites (tertiary alicyclic amines) is 1. The molecule has 1 saturated heterocycles. The standard InChI is InChI=1S/C17H27N3O/c1-13(2)16(18)17(21)20-10-9-15(12-20)19(3)11-14-7-5-4-6-8-14/h4-8,13,15-16H,9-12,18H2,1-3H3/t15-,16-/m0/s1. The third-order valence-corrected chi connectivity index (χ3v) is 4.38. The summed E-state index contributed by atoms with van der Waals surface area (Å²) in [6.45, 7) is 6.53. The lowest BCUT2D eigenvalue weighted by Gasteiger charge is -2.26. The molecular weight excluding hydrogens is 262 g/mol. The number of rotatable bonds is 5. The van der Waals surface area contributed by atoms with Crippen molar-refractivity contribution >= 4 is 5.91 Å². The van der Waals surface area contributed by atoms with Gasteiger partial charge in [0.1, 0.15) is 0 Å². The summed E-state index contributed by atoms with van der Waals surface area (Å²) < 4.78 is 0. The summed E-state index contributed by atoms with van der Waals surface area (Å²) in [5.74, 6) is 0.291. The highest BCUT2D eigenvalue weighted by Gasteiger charge is 2.32. The highest BCUT2D eigenvalue weighted by Crippen LogP contribution is 2.18. The maximum Gasteiger partial charge on any atom is 0.239 e. The minimum absolute atomic E-state index is 0.0978. The normalized spacial score (nSPS) is 20.3. The van der Waals surface area contributed by atoms with Gasteiger partial charge in [0.2, 0.25) is 5.91 Å². The number of hydrogen-bond acceptors (Lipinski definition) is 3. The number of amides is 1. The Labute approximate surface area is 127 Å². The Kier molecular flexibility index (Phi) is 5.37. The van der Waals surface area contributed by atoms with Crippen LogP contribution in [0, 0.1) is 5.92 Å². The quantitative estimate of drug-likeness (QED) is 0.897. The van der Waals surface area contributed by atoms with Crippen LogP contribution in [0.1, 0.15) is 25.8 Å². The Bertz CT molecular complexity index is 460. The van der Waals surface area contributed by atoms with E-state index in [0.29, 0.717) is 6.04 Å². The smallest absolute Gasteiger partial charge is 0.239 e. The van der Waals surface area contributed by atoms with Gasteiger partial charge in [-0.2, -0.15) is 0 Å². The second kappa shape index (κ2) is 7.05. The van der Waals surface area contributed by atoms with E-state index in [1.54, 1.807) is 0 Å². The van der Waals surface area contributed by atoms with Gasteiger partial charge in [0.15, 0.2) is 0 Å². The van der Waals surface area contributed by atoms with Crippen LogP contribution in [0.3, 0.4) is 0 Å². The van der Waals surface area contributed by atoms with E-state index in [2.05, 4.69) is 36.2 Å². The van der Waals surface area contributed by atoms with Gasteiger partial charge in [0, 0.05) is 25.7 Å². The van der Waals surface area contributed by atoms with Crippen molar-refractivity contribution in [2.75, 3.05) is 20.1 Å².